The molecule has 8 heteroatoms. The lowest BCUT2D eigenvalue weighted by atomic mass is 10.1. The molecular weight excluding hydrogens is 380 g/mol. The fraction of sp³-hybridized carbons (Fsp3) is 0.684. The van der Waals surface area contributed by atoms with E-state index in [1.54, 1.807) is 23.7 Å². The summed E-state index contributed by atoms with van der Waals surface area (Å²) >= 11 is 1.63. The molecule has 0 saturated carbocycles. The minimum Gasteiger partial charge on any atom is -0.318 e. The van der Waals surface area contributed by atoms with Gasteiger partial charge in [-0.1, -0.05) is 27.2 Å². The molecule has 0 aliphatic carbocycles. The van der Waals surface area contributed by atoms with Crippen LogP contribution in [0.4, 0.5) is 0 Å². The Bertz CT molecular complexity index is 783. The number of hydrogen-bond donors (Lipinski definition) is 0. The second kappa shape index (κ2) is 10.3. The number of rotatable bonds is 12. The lowest BCUT2D eigenvalue weighted by molar-refractivity contribution is 0.306. The van der Waals surface area contributed by atoms with Gasteiger partial charge in [-0.05, 0) is 32.2 Å². The maximum atomic E-state index is 12.8. The van der Waals surface area contributed by atoms with Crippen molar-refractivity contribution in [2.24, 2.45) is 5.92 Å². The predicted molar refractivity (Wildman–Crippen MR) is 111 cm³/mol. The summed E-state index contributed by atoms with van der Waals surface area (Å²) in [7, 11) is -1.34. The van der Waals surface area contributed by atoms with E-state index < -0.39 is 9.84 Å². The van der Waals surface area contributed by atoms with Crippen LogP contribution in [0.15, 0.2) is 22.9 Å². The van der Waals surface area contributed by atoms with Crippen LogP contribution in [0.25, 0.3) is 0 Å². The maximum Gasteiger partial charge on any atom is 0.227 e. The smallest absolute Gasteiger partial charge is 0.227 e. The van der Waals surface area contributed by atoms with Gasteiger partial charge in [0, 0.05) is 24.7 Å². The van der Waals surface area contributed by atoms with Crippen LogP contribution < -0.4 is 0 Å². The molecule has 0 unspecified atom stereocenters. The van der Waals surface area contributed by atoms with Crippen LogP contribution in [0.3, 0.4) is 0 Å². The van der Waals surface area contributed by atoms with Crippen LogP contribution in [0.1, 0.15) is 57.2 Å². The number of unbranched alkanes of at least 4 members (excludes halogenated alkanes) is 1. The molecule has 0 aromatic carbocycles. The van der Waals surface area contributed by atoms with Gasteiger partial charge >= 0.3 is 0 Å². The lowest BCUT2D eigenvalue weighted by Gasteiger charge is -2.17. The number of sulfone groups is 1. The zero-order valence-corrected chi connectivity index (χ0v) is 18.5. The van der Waals surface area contributed by atoms with E-state index in [9.17, 15) is 8.42 Å². The molecule has 2 rings (SSSR count). The Morgan fingerprint density at radius 2 is 2.00 bits per heavy atom. The van der Waals surface area contributed by atoms with Gasteiger partial charge in [0.2, 0.25) is 15.0 Å². The SMILES string of the molecule is CCCCn1c(CN(C)Cc2nccs2)cnc1S(=O)(=O)CCCC(C)C. The predicted octanol–water partition coefficient (Wildman–Crippen LogP) is 3.98. The Labute approximate surface area is 167 Å². The van der Waals surface area contributed by atoms with Gasteiger partial charge in [-0.25, -0.2) is 18.4 Å². The zero-order chi connectivity index (χ0) is 19.9. The van der Waals surface area contributed by atoms with E-state index in [2.05, 4.69) is 35.6 Å². The molecule has 2 aromatic rings. The first-order valence-corrected chi connectivity index (χ1v) is 12.2. The van der Waals surface area contributed by atoms with Crippen LogP contribution in [-0.2, 0) is 29.5 Å². The molecule has 152 valence electrons. The number of thiazole rings is 1. The second-order valence-corrected chi connectivity index (χ2v) is 10.5. The van der Waals surface area contributed by atoms with Crippen LogP contribution in [0, 0.1) is 5.92 Å². The average molecular weight is 413 g/mol. The van der Waals surface area contributed by atoms with Gasteiger partial charge in [0.15, 0.2) is 0 Å². The van der Waals surface area contributed by atoms with Crippen LogP contribution in [0.5, 0.6) is 0 Å². The van der Waals surface area contributed by atoms with Crippen LogP contribution in [0.2, 0.25) is 0 Å². The van der Waals surface area contributed by atoms with Gasteiger partial charge in [0.1, 0.15) is 5.01 Å². The fourth-order valence-corrected chi connectivity index (χ4v) is 5.17. The molecule has 0 aliphatic heterocycles. The monoisotopic (exact) mass is 412 g/mol. The summed E-state index contributed by atoms with van der Waals surface area (Å²) in [5.41, 5.74) is 0.949. The van der Waals surface area contributed by atoms with Crippen molar-refractivity contribution in [1.82, 2.24) is 19.4 Å². The van der Waals surface area contributed by atoms with Crippen molar-refractivity contribution in [2.45, 2.75) is 71.2 Å². The third kappa shape index (κ3) is 6.69. The molecule has 6 nitrogen and oxygen atoms in total. The summed E-state index contributed by atoms with van der Waals surface area (Å²) in [6, 6.07) is 0. The van der Waals surface area contributed by atoms with Gasteiger partial charge in [-0.3, -0.25) is 4.90 Å². The molecular formula is C19H32N4O2S2. The Morgan fingerprint density at radius 1 is 1.22 bits per heavy atom. The van der Waals surface area contributed by atoms with E-state index in [1.807, 2.05) is 17.0 Å². The van der Waals surface area contributed by atoms with E-state index in [0.717, 1.165) is 36.5 Å². The van der Waals surface area contributed by atoms with Gasteiger partial charge < -0.3 is 4.57 Å². The van der Waals surface area contributed by atoms with Crippen molar-refractivity contribution in [2.75, 3.05) is 12.8 Å². The van der Waals surface area contributed by atoms with E-state index >= 15 is 0 Å². The highest BCUT2D eigenvalue weighted by Gasteiger charge is 2.23. The highest BCUT2D eigenvalue weighted by molar-refractivity contribution is 7.91. The molecule has 0 aliphatic rings. The van der Waals surface area contributed by atoms with E-state index in [1.165, 1.54) is 0 Å². The van der Waals surface area contributed by atoms with Gasteiger partial charge in [-0.15, -0.1) is 11.3 Å². The van der Waals surface area contributed by atoms with Crippen molar-refractivity contribution in [3.05, 3.63) is 28.5 Å². The topological polar surface area (TPSA) is 68.1 Å². The Morgan fingerprint density at radius 3 is 2.63 bits per heavy atom. The quantitative estimate of drug-likeness (QED) is 0.527. The molecule has 0 bridgehead atoms. The van der Waals surface area contributed by atoms with Crippen molar-refractivity contribution in [3.63, 3.8) is 0 Å². The first-order valence-electron chi connectivity index (χ1n) is 9.67. The van der Waals surface area contributed by atoms with E-state index in [4.69, 9.17) is 0 Å². The van der Waals surface area contributed by atoms with Gasteiger partial charge in [0.05, 0.1) is 24.2 Å². The Kier molecular flexibility index (Phi) is 8.44. The molecule has 0 radical (unpaired) electrons. The largest absolute Gasteiger partial charge is 0.318 e. The first kappa shape index (κ1) is 22.0. The molecule has 0 amide bonds. The molecule has 0 saturated heterocycles. The Balaban J connectivity index is 2.15. The summed E-state index contributed by atoms with van der Waals surface area (Å²) in [6.45, 7) is 8.43. The molecule has 2 aromatic heterocycles. The third-order valence-electron chi connectivity index (χ3n) is 4.43. The number of hydrogen-bond acceptors (Lipinski definition) is 6. The molecule has 0 atom stereocenters. The van der Waals surface area contributed by atoms with Gasteiger partial charge in [0.25, 0.3) is 0 Å². The molecule has 0 fully saturated rings. The first-order chi connectivity index (χ1) is 12.8. The minimum absolute atomic E-state index is 0.169. The van der Waals surface area contributed by atoms with Crippen LogP contribution in [-0.4, -0.2) is 40.7 Å². The van der Waals surface area contributed by atoms with Gasteiger partial charge in [-0.2, -0.15) is 0 Å². The van der Waals surface area contributed by atoms with Crippen molar-refractivity contribution < 1.29 is 8.42 Å². The highest BCUT2D eigenvalue weighted by Crippen LogP contribution is 2.19. The normalized spacial score (nSPS) is 12.4. The molecule has 0 spiro atoms. The summed E-state index contributed by atoms with van der Waals surface area (Å²) in [5, 5.41) is 3.26. The second-order valence-electron chi connectivity index (χ2n) is 7.49. The maximum absolute atomic E-state index is 12.8. The molecule has 27 heavy (non-hydrogen) atoms. The van der Waals surface area contributed by atoms with E-state index in [0.29, 0.717) is 25.4 Å². The standard InChI is InChI=1S/C19H32N4O2S2/c1-5-6-10-23-17(14-22(4)15-18-20-9-11-26-18)13-21-19(23)27(24,25)12-7-8-16(2)3/h9,11,13,16H,5-8,10,12,14-15H2,1-4H3. The number of imidazole rings is 1. The zero-order valence-electron chi connectivity index (χ0n) is 16.9. The summed E-state index contributed by atoms with van der Waals surface area (Å²) in [4.78, 5) is 10.8. The summed E-state index contributed by atoms with van der Waals surface area (Å²) < 4.78 is 27.6. The summed E-state index contributed by atoms with van der Waals surface area (Å²) in [5.74, 6) is 0.679. The minimum atomic E-state index is -3.36. The third-order valence-corrected chi connectivity index (χ3v) is 6.90. The number of nitrogens with zero attached hydrogens (tertiary/aromatic N) is 4. The molecule has 0 N–H and O–H groups in total. The molecule has 2 heterocycles. The average Bonchev–Trinajstić information content (AvgIpc) is 3.22. The van der Waals surface area contributed by atoms with Crippen molar-refractivity contribution >= 4 is 21.2 Å². The lowest BCUT2D eigenvalue weighted by Crippen LogP contribution is -2.21. The Hall–Kier alpha value is -1.25. The fourth-order valence-electron chi connectivity index (χ4n) is 2.99. The van der Waals surface area contributed by atoms with Crippen molar-refractivity contribution in [1.29, 1.82) is 0 Å². The van der Waals surface area contributed by atoms with Crippen molar-refractivity contribution in [3.8, 4) is 0 Å². The summed E-state index contributed by atoms with van der Waals surface area (Å²) in [6.07, 6.45) is 7.08. The highest BCUT2D eigenvalue weighted by atomic mass is 32.2. The van der Waals surface area contributed by atoms with E-state index in [-0.39, 0.29) is 10.9 Å². The number of aromatic nitrogens is 3. The van der Waals surface area contributed by atoms with Crippen LogP contribution >= 0.6 is 11.3 Å².